The van der Waals surface area contributed by atoms with Gasteiger partial charge in [-0.25, -0.2) is 0 Å². The monoisotopic (exact) mass is 241 g/mol. The second-order valence-corrected chi connectivity index (χ2v) is 5.47. The number of hydrogen-bond donors (Lipinski definition) is 1. The van der Waals surface area contributed by atoms with Gasteiger partial charge in [0.15, 0.2) is 0 Å². The van der Waals surface area contributed by atoms with Crippen molar-refractivity contribution >= 4 is 0 Å². The molecule has 1 atom stereocenters. The van der Waals surface area contributed by atoms with Gasteiger partial charge in [-0.1, -0.05) is 18.2 Å². The number of nitrogens with zero attached hydrogens (tertiary/aromatic N) is 1. The molecule has 0 saturated heterocycles. The molecule has 94 valence electrons. The third-order valence-corrected chi connectivity index (χ3v) is 4.19. The summed E-state index contributed by atoms with van der Waals surface area (Å²) < 4.78 is 2.26. The first-order chi connectivity index (χ1) is 8.52. The zero-order valence-corrected chi connectivity index (χ0v) is 11.2. The molecule has 0 amide bonds. The van der Waals surface area contributed by atoms with Crippen molar-refractivity contribution in [2.45, 2.75) is 39.2 Å². The molecule has 0 spiro atoms. The van der Waals surface area contributed by atoms with E-state index in [4.69, 9.17) is 0 Å². The summed E-state index contributed by atoms with van der Waals surface area (Å²) in [5, 5.41) is 10.5. The van der Waals surface area contributed by atoms with Crippen LogP contribution in [0.15, 0.2) is 30.3 Å². The molecule has 1 aliphatic carbocycles. The van der Waals surface area contributed by atoms with Gasteiger partial charge in [-0.3, -0.25) is 0 Å². The summed E-state index contributed by atoms with van der Waals surface area (Å²) in [7, 11) is 0. The number of rotatable bonds is 1. The Hall–Kier alpha value is -1.54. The Morgan fingerprint density at radius 3 is 2.39 bits per heavy atom. The first kappa shape index (κ1) is 11.5. The van der Waals surface area contributed by atoms with Crippen LogP contribution in [0.5, 0.6) is 0 Å². The highest BCUT2D eigenvalue weighted by Crippen LogP contribution is 2.42. The van der Waals surface area contributed by atoms with E-state index in [1.165, 1.54) is 22.6 Å². The number of hydrogen-bond acceptors (Lipinski definition) is 1. The van der Waals surface area contributed by atoms with Gasteiger partial charge < -0.3 is 9.67 Å². The zero-order valence-electron chi connectivity index (χ0n) is 11.2. The summed E-state index contributed by atoms with van der Waals surface area (Å²) in [6.07, 6.45) is 1.82. The number of benzene rings is 1. The molecule has 0 aliphatic heterocycles. The van der Waals surface area contributed by atoms with Crippen molar-refractivity contribution in [3.8, 4) is 5.69 Å². The Balaban J connectivity index is 2.26. The van der Waals surface area contributed by atoms with E-state index in [2.05, 4.69) is 42.7 Å². The summed E-state index contributed by atoms with van der Waals surface area (Å²) in [6, 6.07) is 10.4. The maximum Gasteiger partial charge on any atom is 0.0891 e. The summed E-state index contributed by atoms with van der Waals surface area (Å²) in [4.78, 5) is 0. The van der Waals surface area contributed by atoms with Crippen LogP contribution in [-0.4, -0.2) is 9.67 Å². The molecule has 0 fully saturated rings. The van der Waals surface area contributed by atoms with Gasteiger partial charge >= 0.3 is 0 Å². The molecule has 2 heteroatoms. The quantitative estimate of drug-likeness (QED) is 0.814. The minimum Gasteiger partial charge on any atom is -0.385 e. The number of fused-ring (bicyclic) bond motifs is 1. The highest BCUT2D eigenvalue weighted by Gasteiger charge is 2.37. The van der Waals surface area contributed by atoms with Crippen LogP contribution >= 0.6 is 0 Å². The Morgan fingerprint density at radius 2 is 1.78 bits per heavy atom. The largest absolute Gasteiger partial charge is 0.385 e. The number of aliphatic hydroxyl groups is 1. The van der Waals surface area contributed by atoms with E-state index in [0.717, 1.165) is 18.4 Å². The molecular weight excluding hydrogens is 222 g/mol. The highest BCUT2D eigenvalue weighted by atomic mass is 16.3. The van der Waals surface area contributed by atoms with Gasteiger partial charge in [0, 0.05) is 22.6 Å². The third kappa shape index (κ3) is 1.45. The summed E-state index contributed by atoms with van der Waals surface area (Å²) >= 11 is 0. The predicted octanol–water partition coefficient (Wildman–Crippen LogP) is 3.25. The van der Waals surface area contributed by atoms with Crippen LogP contribution in [0.3, 0.4) is 0 Å². The minimum atomic E-state index is -0.662. The minimum absolute atomic E-state index is 0.662. The molecule has 0 bridgehead atoms. The molecular formula is C16H19NO. The van der Waals surface area contributed by atoms with Crippen LogP contribution in [0.25, 0.3) is 5.69 Å². The van der Waals surface area contributed by atoms with Crippen molar-refractivity contribution in [1.29, 1.82) is 0 Å². The van der Waals surface area contributed by atoms with E-state index in [0.29, 0.717) is 0 Å². The Kier molecular flexibility index (Phi) is 2.39. The van der Waals surface area contributed by atoms with Gasteiger partial charge in [0.05, 0.1) is 5.60 Å². The molecule has 2 aromatic rings. The predicted molar refractivity (Wildman–Crippen MR) is 73.1 cm³/mol. The fraction of sp³-hybridized carbons (Fsp3) is 0.375. The molecule has 0 radical (unpaired) electrons. The molecule has 1 aromatic carbocycles. The maximum atomic E-state index is 10.5. The van der Waals surface area contributed by atoms with Crippen LogP contribution in [0, 0.1) is 13.8 Å². The summed E-state index contributed by atoms with van der Waals surface area (Å²) in [5.74, 6) is 0. The second kappa shape index (κ2) is 3.72. The average molecular weight is 241 g/mol. The van der Waals surface area contributed by atoms with Gasteiger partial charge in [0.25, 0.3) is 0 Å². The standard InChI is InChI=1S/C16H19NO/c1-11-14-9-10-16(3,18)15(14)12(2)17(11)13-7-5-4-6-8-13/h4-8,18H,9-10H2,1-3H3. The lowest BCUT2D eigenvalue weighted by atomic mass is 9.98. The van der Waals surface area contributed by atoms with Crippen LogP contribution in [0.4, 0.5) is 0 Å². The smallest absolute Gasteiger partial charge is 0.0891 e. The van der Waals surface area contributed by atoms with Gasteiger partial charge in [-0.2, -0.15) is 0 Å². The SMILES string of the molecule is Cc1c2c(c(C)n1-c1ccccc1)C(C)(O)CC2. The lowest BCUT2D eigenvalue weighted by Gasteiger charge is -2.19. The zero-order chi connectivity index (χ0) is 12.9. The lowest BCUT2D eigenvalue weighted by Crippen LogP contribution is -2.18. The highest BCUT2D eigenvalue weighted by molar-refractivity contribution is 5.50. The molecule has 1 N–H and O–H groups in total. The fourth-order valence-corrected chi connectivity index (χ4v) is 3.38. The molecule has 1 aliphatic rings. The maximum absolute atomic E-state index is 10.5. The van der Waals surface area contributed by atoms with Gasteiger partial charge in [0.2, 0.25) is 0 Å². The Morgan fingerprint density at radius 1 is 1.11 bits per heavy atom. The van der Waals surface area contributed by atoms with Gasteiger partial charge in [0.1, 0.15) is 0 Å². The molecule has 2 nitrogen and oxygen atoms in total. The van der Waals surface area contributed by atoms with E-state index >= 15 is 0 Å². The van der Waals surface area contributed by atoms with Gasteiger partial charge in [-0.15, -0.1) is 0 Å². The molecule has 1 unspecified atom stereocenters. The van der Waals surface area contributed by atoms with Crippen molar-refractivity contribution in [2.24, 2.45) is 0 Å². The fourth-order valence-electron chi connectivity index (χ4n) is 3.38. The lowest BCUT2D eigenvalue weighted by molar-refractivity contribution is 0.0585. The second-order valence-electron chi connectivity index (χ2n) is 5.47. The van der Waals surface area contributed by atoms with Crippen LogP contribution in [0.2, 0.25) is 0 Å². The Bertz CT molecular complexity index is 593. The molecule has 0 saturated carbocycles. The molecule has 1 heterocycles. The van der Waals surface area contributed by atoms with E-state index < -0.39 is 5.60 Å². The topological polar surface area (TPSA) is 25.2 Å². The van der Waals surface area contributed by atoms with Crippen LogP contribution in [0.1, 0.15) is 35.9 Å². The normalized spacial score (nSPS) is 22.2. The van der Waals surface area contributed by atoms with E-state index in [-0.39, 0.29) is 0 Å². The van der Waals surface area contributed by atoms with E-state index in [1.54, 1.807) is 0 Å². The average Bonchev–Trinajstić information content (AvgIpc) is 2.78. The first-order valence-corrected chi connectivity index (χ1v) is 6.51. The number of aromatic nitrogens is 1. The van der Waals surface area contributed by atoms with Crippen molar-refractivity contribution in [2.75, 3.05) is 0 Å². The van der Waals surface area contributed by atoms with Crippen molar-refractivity contribution in [1.82, 2.24) is 4.57 Å². The van der Waals surface area contributed by atoms with E-state index in [9.17, 15) is 5.11 Å². The summed E-state index contributed by atoms with van der Waals surface area (Å²) in [6.45, 7) is 6.19. The molecule has 1 aromatic heterocycles. The van der Waals surface area contributed by atoms with E-state index in [1.807, 2.05) is 13.0 Å². The van der Waals surface area contributed by atoms with Crippen LogP contribution < -0.4 is 0 Å². The Labute approximate surface area is 108 Å². The van der Waals surface area contributed by atoms with Crippen molar-refractivity contribution < 1.29 is 5.11 Å². The third-order valence-electron chi connectivity index (χ3n) is 4.19. The van der Waals surface area contributed by atoms with Crippen molar-refractivity contribution in [3.05, 3.63) is 52.8 Å². The molecule has 3 rings (SSSR count). The summed E-state index contributed by atoms with van der Waals surface area (Å²) in [5.41, 5.74) is 5.44. The van der Waals surface area contributed by atoms with Crippen molar-refractivity contribution in [3.63, 3.8) is 0 Å². The van der Waals surface area contributed by atoms with Gasteiger partial charge in [-0.05, 0) is 51.3 Å². The number of para-hydroxylation sites is 1. The first-order valence-electron chi connectivity index (χ1n) is 6.51. The van der Waals surface area contributed by atoms with Crippen LogP contribution in [-0.2, 0) is 12.0 Å². The molecule has 18 heavy (non-hydrogen) atoms.